The average molecular weight is 467 g/mol. The van der Waals surface area contributed by atoms with Crippen molar-refractivity contribution in [1.82, 2.24) is 0 Å². The number of halogens is 2. The summed E-state index contributed by atoms with van der Waals surface area (Å²) in [4.78, 5) is 15.3. The second-order valence-electron chi connectivity index (χ2n) is 8.07. The number of rotatable bonds is 6. The molecule has 2 aromatic rings. The third kappa shape index (κ3) is 5.02. The van der Waals surface area contributed by atoms with Crippen LogP contribution in [0.1, 0.15) is 25.7 Å². The van der Waals surface area contributed by atoms with Crippen LogP contribution in [-0.2, 0) is 14.9 Å². The van der Waals surface area contributed by atoms with E-state index in [4.69, 9.17) is 9.29 Å². The first-order valence-electron chi connectivity index (χ1n) is 10.5. The van der Waals surface area contributed by atoms with Crippen molar-refractivity contribution in [2.24, 2.45) is 0 Å². The highest BCUT2D eigenvalue weighted by Gasteiger charge is 2.33. The smallest absolute Gasteiger partial charge is 0.414 e. The second-order valence-corrected chi connectivity index (χ2v) is 9.64. The first-order chi connectivity index (χ1) is 15.2. The van der Waals surface area contributed by atoms with Crippen molar-refractivity contribution in [1.29, 1.82) is 0 Å². The highest BCUT2D eigenvalue weighted by molar-refractivity contribution is 7.85. The summed E-state index contributed by atoms with van der Waals surface area (Å²) in [6.45, 7) is 1.64. The fraction of sp³-hybridized carbons (Fsp3) is 0.409. The van der Waals surface area contributed by atoms with Gasteiger partial charge in [0.05, 0.1) is 23.7 Å². The average Bonchev–Trinajstić information content (AvgIpc) is 3.13. The first kappa shape index (κ1) is 22.5. The van der Waals surface area contributed by atoms with Gasteiger partial charge in [0.15, 0.2) is 0 Å². The fourth-order valence-corrected chi connectivity index (χ4v) is 4.70. The van der Waals surface area contributed by atoms with Gasteiger partial charge in [-0.05, 0) is 55.2 Å². The van der Waals surface area contributed by atoms with Crippen molar-refractivity contribution in [3.63, 3.8) is 0 Å². The normalized spacial score (nSPS) is 19.3. The fourth-order valence-electron chi connectivity index (χ4n) is 4.13. The summed E-state index contributed by atoms with van der Waals surface area (Å²) in [6, 6.07) is 8.83. The molecule has 2 aliphatic rings. The molecule has 2 heterocycles. The molecule has 2 fully saturated rings. The van der Waals surface area contributed by atoms with Crippen molar-refractivity contribution in [2.45, 2.75) is 31.8 Å². The number of hydrogen-bond acceptors (Lipinski definition) is 5. The van der Waals surface area contributed by atoms with Gasteiger partial charge in [-0.15, -0.1) is 0 Å². The van der Waals surface area contributed by atoms with Crippen LogP contribution in [0.4, 0.5) is 25.0 Å². The lowest BCUT2D eigenvalue weighted by Crippen LogP contribution is -2.30. The molecule has 0 bridgehead atoms. The van der Waals surface area contributed by atoms with Crippen LogP contribution in [0.25, 0.3) is 11.1 Å². The summed E-state index contributed by atoms with van der Waals surface area (Å²) < 4.78 is 65.4. The number of hydrogen-bond donors (Lipinski definition) is 1. The Morgan fingerprint density at radius 3 is 2.44 bits per heavy atom. The van der Waals surface area contributed by atoms with Gasteiger partial charge in [0.25, 0.3) is 10.1 Å². The molecule has 4 rings (SSSR count). The number of cyclic esters (lactones) is 1. The van der Waals surface area contributed by atoms with E-state index >= 15 is 0 Å². The number of ether oxygens (including phenoxy) is 1. The molecule has 1 unspecified atom stereocenters. The number of benzene rings is 2. The zero-order valence-corrected chi connectivity index (χ0v) is 18.2. The Bertz CT molecular complexity index is 1120. The van der Waals surface area contributed by atoms with Crippen LogP contribution in [0.5, 0.6) is 0 Å². The van der Waals surface area contributed by atoms with Crippen LogP contribution >= 0.6 is 0 Å². The third-order valence-corrected chi connectivity index (χ3v) is 6.54. The Morgan fingerprint density at radius 2 is 1.78 bits per heavy atom. The molecular weight excluding hydrogens is 442 g/mol. The molecule has 0 aliphatic carbocycles. The van der Waals surface area contributed by atoms with Crippen LogP contribution in [-0.4, -0.2) is 50.6 Å². The molecule has 0 saturated carbocycles. The molecule has 172 valence electrons. The maximum absolute atomic E-state index is 14.9. The van der Waals surface area contributed by atoms with E-state index in [9.17, 15) is 22.0 Å². The van der Waals surface area contributed by atoms with Crippen LogP contribution in [0.3, 0.4) is 0 Å². The first-order valence-corrected chi connectivity index (χ1v) is 12.1. The van der Waals surface area contributed by atoms with E-state index in [1.807, 2.05) is 4.90 Å². The number of nitrogens with zero attached hydrogens (tertiary/aromatic N) is 2. The Morgan fingerprint density at radius 1 is 1.03 bits per heavy atom. The molecule has 32 heavy (non-hydrogen) atoms. The molecule has 0 radical (unpaired) electrons. The standard InChI is InChI=1S/C22H24F2N2O5S/c23-19-13-16(26-14-17(31-22(26)27)8-11-32(28,29)30)5-6-18(19)15-4-7-21(20(24)12-15)25-9-2-1-3-10-25/h4-7,12-13,17H,1-3,8-11,14H2,(H,28,29,30). The molecule has 10 heteroatoms. The van der Waals surface area contributed by atoms with Gasteiger partial charge in [-0.25, -0.2) is 13.6 Å². The minimum atomic E-state index is -4.17. The SMILES string of the molecule is O=C1OC(CCS(=O)(=O)O)CN1c1ccc(-c2ccc(N3CCCCC3)c(F)c2)c(F)c1. The van der Waals surface area contributed by atoms with E-state index in [0.717, 1.165) is 38.4 Å². The van der Waals surface area contributed by atoms with Crippen molar-refractivity contribution >= 4 is 27.6 Å². The molecule has 0 aromatic heterocycles. The maximum atomic E-state index is 14.9. The summed E-state index contributed by atoms with van der Waals surface area (Å²) >= 11 is 0. The minimum absolute atomic E-state index is 0.0340. The predicted octanol–water partition coefficient (Wildman–Crippen LogP) is 4.23. The molecule has 2 saturated heterocycles. The number of anilines is 2. The van der Waals surface area contributed by atoms with Crippen molar-refractivity contribution in [2.75, 3.05) is 35.2 Å². The molecule has 2 aromatic carbocycles. The summed E-state index contributed by atoms with van der Waals surface area (Å²) in [5.74, 6) is -1.56. The zero-order chi connectivity index (χ0) is 22.9. The van der Waals surface area contributed by atoms with Gasteiger partial charge in [-0.2, -0.15) is 8.42 Å². The highest BCUT2D eigenvalue weighted by atomic mass is 32.2. The Balaban J connectivity index is 1.50. The van der Waals surface area contributed by atoms with Gasteiger partial charge in [0.1, 0.15) is 17.7 Å². The number of carbonyl (C=O) groups is 1. The number of piperidine rings is 1. The molecule has 1 atom stereocenters. The van der Waals surface area contributed by atoms with Gasteiger partial charge in [-0.1, -0.05) is 6.07 Å². The Kier molecular flexibility index (Phi) is 6.34. The lowest BCUT2D eigenvalue weighted by Gasteiger charge is -2.29. The Hall–Kier alpha value is -2.72. The van der Waals surface area contributed by atoms with E-state index in [-0.39, 0.29) is 24.2 Å². The third-order valence-electron chi connectivity index (χ3n) is 5.79. The lowest BCUT2D eigenvalue weighted by molar-refractivity contribution is 0.139. The summed E-state index contributed by atoms with van der Waals surface area (Å²) in [7, 11) is -4.17. The van der Waals surface area contributed by atoms with Crippen LogP contribution in [0.2, 0.25) is 0 Å². The maximum Gasteiger partial charge on any atom is 0.414 e. The van der Waals surface area contributed by atoms with E-state index in [1.165, 1.54) is 23.1 Å². The quantitative estimate of drug-likeness (QED) is 0.642. The highest BCUT2D eigenvalue weighted by Crippen LogP contribution is 2.32. The van der Waals surface area contributed by atoms with Gasteiger partial charge in [0, 0.05) is 25.1 Å². The Labute approximate surface area is 185 Å². The molecule has 1 N–H and O–H groups in total. The lowest BCUT2D eigenvalue weighted by atomic mass is 10.0. The molecule has 2 aliphatic heterocycles. The molecular formula is C22H24F2N2O5S. The topological polar surface area (TPSA) is 87.1 Å². The van der Waals surface area contributed by atoms with E-state index in [0.29, 0.717) is 11.3 Å². The predicted molar refractivity (Wildman–Crippen MR) is 117 cm³/mol. The largest absolute Gasteiger partial charge is 0.444 e. The monoisotopic (exact) mass is 466 g/mol. The van der Waals surface area contributed by atoms with Crippen molar-refractivity contribution in [3.05, 3.63) is 48.0 Å². The van der Waals surface area contributed by atoms with Crippen LogP contribution in [0.15, 0.2) is 36.4 Å². The number of carbonyl (C=O) groups excluding carboxylic acids is 1. The summed E-state index contributed by atoms with van der Waals surface area (Å²) in [6.07, 6.45) is 1.65. The summed E-state index contributed by atoms with van der Waals surface area (Å²) in [5.41, 5.74) is 1.35. The van der Waals surface area contributed by atoms with Gasteiger partial charge in [0.2, 0.25) is 0 Å². The van der Waals surface area contributed by atoms with Crippen molar-refractivity contribution < 1.29 is 31.3 Å². The van der Waals surface area contributed by atoms with E-state index in [1.54, 1.807) is 12.1 Å². The van der Waals surface area contributed by atoms with Crippen molar-refractivity contribution in [3.8, 4) is 11.1 Å². The number of amides is 1. The zero-order valence-electron chi connectivity index (χ0n) is 17.3. The van der Waals surface area contributed by atoms with E-state index in [2.05, 4.69) is 0 Å². The second kappa shape index (κ2) is 9.03. The summed E-state index contributed by atoms with van der Waals surface area (Å²) in [5, 5.41) is 0. The van der Waals surface area contributed by atoms with Gasteiger partial charge >= 0.3 is 6.09 Å². The van der Waals surface area contributed by atoms with E-state index < -0.39 is 39.7 Å². The van der Waals surface area contributed by atoms with Crippen LogP contribution in [0, 0.1) is 11.6 Å². The molecule has 7 nitrogen and oxygen atoms in total. The van der Waals surface area contributed by atoms with Gasteiger partial charge in [-0.3, -0.25) is 9.45 Å². The molecule has 1 amide bonds. The minimum Gasteiger partial charge on any atom is -0.444 e. The molecule has 0 spiro atoms. The van der Waals surface area contributed by atoms with Gasteiger partial charge < -0.3 is 9.64 Å². The van der Waals surface area contributed by atoms with Crippen LogP contribution < -0.4 is 9.80 Å².